The summed E-state index contributed by atoms with van der Waals surface area (Å²) in [6, 6.07) is 3.18. The molecule has 1 amide bonds. The fourth-order valence-electron chi connectivity index (χ4n) is 1.94. The van der Waals surface area contributed by atoms with E-state index in [9.17, 15) is 4.79 Å². The lowest BCUT2D eigenvalue weighted by molar-refractivity contribution is -0.122. The normalized spacial score (nSPS) is 16.7. The second-order valence-corrected chi connectivity index (χ2v) is 4.94. The number of nitrogens with zero attached hydrogens (tertiary/aromatic N) is 1. The third-order valence-electron chi connectivity index (χ3n) is 3.14. The molecule has 2 rings (SSSR count). The number of nitrogens with two attached hydrogens (primary N) is 1. The minimum atomic E-state index is -0.505. The Morgan fingerprint density at radius 2 is 2.29 bits per heavy atom. The van der Waals surface area contributed by atoms with E-state index in [0.717, 1.165) is 31.6 Å². The second-order valence-electron chi connectivity index (χ2n) is 4.94. The van der Waals surface area contributed by atoms with Crippen molar-refractivity contribution in [3.8, 4) is 5.88 Å². The molecule has 6 nitrogen and oxygen atoms in total. The van der Waals surface area contributed by atoms with Crippen molar-refractivity contribution in [2.24, 2.45) is 5.73 Å². The highest BCUT2D eigenvalue weighted by molar-refractivity contribution is 5.85. The molecular weight excluding hydrogens is 294 g/mol. The Bertz CT molecular complexity index is 451. The fourth-order valence-corrected chi connectivity index (χ4v) is 1.94. The van der Waals surface area contributed by atoms with Gasteiger partial charge in [-0.3, -0.25) is 4.79 Å². The largest absolute Gasteiger partial charge is 0.474 e. The number of carbonyl (C=O) groups is 1. The smallest absolute Gasteiger partial charge is 0.236 e. The predicted molar refractivity (Wildman–Crippen MR) is 81.5 cm³/mol. The third-order valence-corrected chi connectivity index (χ3v) is 3.14. The number of hydrogen-bond acceptors (Lipinski definition) is 5. The Labute approximate surface area is 130 Å². The van der Waals surface area contributed by atoms with Crippen LogP contribution in [0.4, 0.5) is 0 Å². The maximum Gasteiger partial charge on any atom is 0.236 e. The molecule has 0 radical (unpaired) electrons. The molecular formula is C14H22ClN3O3. The molecule has 0 saturated carbocycles. The molecule has 0 spiro atoms. The maximum absolute atomic E-state index is 11.4. The molecule has 1 aromatic rings. The van der Waals surface area contributed by atoms with Crippen LogP contribution in [-0.4, -0.2) is 36.3 Å². The Morgan fingerprint density at radius 1 is 1.57 bits per heavy atom. The van der Waals surface area contributed by atoms with E-state index in [2.05, 4.69) is 10.3 Å². The first-order valence-corrected chi connectivity index (χ1v) is 6.88. The molecule has 118 valence electrons. The lowest BCUT2D eigenvalue weighted by Gasteiger charge is -2.22. The van der Waals surface area contributed by atoms with E-state index in [4.69, 9.17) is 15.2 Å². The van der Waals surface area contributed by atoms with Gasteiger partial charge in [-0.25, -0.2) is 4.98 Å². The predicted octanol–water partition coefficient (Wildman–Crippen LogP) is 1.02. The highest BCUT2D eigenvalue weighted by Crippen LogP contribution is 2.16. The summed E-state index contributed by atoms with van der Waals surface area (Å²) < 4.78 is 11.1. The number of amides is 1. The molecule has 3 N–H and O–H groups in total. The minimum Gasteiger partial charge on any atom is -0.474 e. The van der Waals surface area contributed by atoms with Crippen LogP contribution in [0.1, 0.15) is 25.3 Å². The summed E-state index contributed by atoms with van der Waals surface area (Å²) in [5.41, 5.74) is 6.43. The van der Waals surface area contributed by atoms with Gasteiger partial charge >= 0.3 is 0 Å². The van der Waals surface area contributed by atoms with E-state index in [-0.39, 0.29) is 24.4 Å². The average molecular weight is 316 g/mol. The van der Waals surface area contributed by atoms with Crippen LogP contribution >= 0.6 is 12.4 Å². The number of ether oxygens (including phenoxy) is 2. The second kappa shape index (κ2) is 8.81. The van der Waals surface area contributed by atoms with Gasteiger partial charge in [-0.2, -0.15) is 0 Å². The van der Waals surface area contributed by atoms with Gasteiger partial charge < -0.3 is 20.5 Å². The molecule has 7 heteroatoms. The third kappa shape index (κ3) is 5.87. The Hall–Kier alpha value is -1.37. The molecule has 2 heterocycles. The van der Waals surface area contributed by atoms with Gasteiger partial charge in [0.05, 0.1) is 19.3 Å². The maximum atomic E-state index is 11.4. The van der Waals surface area contributed by atoms with Gasteiger partial charge in [-0.05, 0) is 18.6 Å². The van der Waals surface area contributed by atoms with Crippen molar-refractivity contribution in [3.05, 3.63) is 23.9 Å². The van der Waals surface area contributed by atoms with Crippen molar-refractivity contribution in [2.45, 2.75) is 38.5 Å². The van der Waals surface area contributed by atoms with Crippen molar-refractivity contribution >= 4 is 18.3 Å². The summed E-state index contributed by atoms with van der Waals surface area (Å²) in [5.74, 6) is 0.415. The van der Waals surface area contributed by atoms with Crippen LogP contribution in [0.2, 0.25) is 0 Å². The Balaban J connectivity index is 0.00000220. The standard InChI is InChI=1S/C14H21N3O3.ClH/c1-10(15)14(18)17-9-11-2-5-16-13(8-11)20-12-3-6-19-7-4-12;/h2,5,8,10,12H,3-4,6-7,9,15H2,1H3,(H,17,18);1H. The highest BCUT2D eigenvalue weighted by atomic mass is 35.5. The number of carbonyl (C=O) groups excluding carboxylic acids is 1. The number of nitrogens with one attached hydrogen (secondary N) is 1. The van der Waals surface area contributed by atoms with Crippen molar-refractivity contribution in [1.29, 1.82) is 0 Å². The molecule has 0 aliphatic carbocycles. The number of pyridine rings is 1. The van der Waals surface area contributed by atoms with Crippen molar-refractivity contribution in [2.75, 3.05) is 13.2 Å². The van der Waals surface area contributed by atoms with Gasteiger partial charge in [0.1, 0.15) is 6.10 Å². The first-order chi connectivity index (χ1) is 9.65. The quantitative estimate of drug-likeness (QED) is 0.847. The van der Waals surface area contributed by atoms with Gasteiger partial charge in [0, 0.05) is 31.6 Å². The molecule has 1 aromatic heterocycles. The fraction of sp³-hybridized carbons (Fsp3) is 0.571. The van der Waals surface area contributed by atoms with Crippen molar-refractivity contribution in [1.82, 2.24) is 10.3 Å². The van der Waals surface area contributed by atoms with Crippen LogP contribution in [-0.2, 0) is 16.1 Å². The van der Waals surface area contributed by atoms with Crippen LogP contribution in [0.25, 0.3) is 0 Å². The van der Waals surface area contributed by atoms with Crippen LogP contribution < -0.4 is 15.8 Å². The van der Waals surface area contributed by atoms with Gasteiger partial charge in [-0.15, -0.1) is 12.4 Å². The number of aromatic nitrogens is 1. The Kier molecular flexibility index (Phi) is 7.42. The van der Waals surface area contributed by atoms with Gasteiger partial charge in [0.2, 0.25) is 11.8 Å². The van der Waals surface area contributed by atoms with Crippen LogP contribution in [0.5, 0.6) is 5.88 Å². The summed E-state index contributed by atoms with van der Waals surface area (Å²) in [5, 5.41) is 2.76. The van der Waals surface area contributed by atoms with Crippen molar-refractivity contribution < 1.29 is 14.3 Å². The monoisotopic (exact) mass is 315 g/mol. The molecule has 1 unspecified atom stereocenters. The zero-order chi connectivity index (χ0) is 14.4. The van der Waals surface area contributed by atoms with Gasteiger partial charge in [0.25, 0.3) is 0 Å². The number of hydrogen-bond donors (Lipinski definition) is 2. The SMILES string of the molecule is CC(N)C(=O)NCc1ccnc(OC2CCOCC2)c1.Cl. The zero-order valence-corrected chi connectivity index (χ0v) is 12.9. The molecule has 1 aliphatic heterocycles. The molecule has 1 saturated heterocycles. The van der Waals surface area contributed by atoms with E-state index in [1.165, 1.54) is 0 Å². The number of rotatable bonds is 5. The molecule has 1 aliphatic rings. The number of halogens is 1. The lowest BCUT2D eigenvalue weighted by Crippen LogP contribution is -2.37. The summed E-state index contributed by atoms with van der Waals surface area (Å²) in [7, 11) is 0. The summed E-state index contributed by atoms with van der Waals surface area (Å²) in [4.78, 5) is 15.6. The van der Waals surface area contributed by atoms with Gasteiger partial charge in [-0.1, -0.05) is 0 Å². The molecule has 1 atom stereocenters. The highest BCUT2D eigenvalue weighted by Gasteiger charge is 2.16. The summed E-state index contributed by atoms with van der Waals surface area (Å²) in [6.07, 6.45) is 3.60. The van der Waals surface area contributed by atoms with Crippen molar-refractivity contribution in [3.63, 3.8) is 0 Å². The molecule has 21 heavy (non-hydrogen) atoms. The summed E-state index contributed by atoms with van der Waals surface area (Å²) in [6.45, 7) is 3.54. The van der Waals surface area contributed by atoms with Gasteiger partial charge in [0.15, 0.2) is 0 Å². The first-order valence-electron chi connectivity index (χ1n) is 6.88. The minimum absolute atomic E-state index is 0. The van der Waals surface area contributed by atoms with E-state index in [0.29, 0.717) is 12.4 Å². The van der Waals surface area contributed by atoms with E-state index < -0.39 is 6.04 Å². The topological polar surface area (TPSA) is 86.5 Å². The Morgan fingerprint density at radius 3 is 2.95 bits per heavy atom. The lowest BCUT2D eigenvalue weighted by atomic mass is 10.1. The average Bonchev–Trinajstić information content (AvgIpc) is 2.46. The van der Waals surface area contributed by atoms with E-state index in [1.807, 2.05) is 12.1 Å². The summed E-state index contributed by atoms with van der Waals surface area (Å²) >= 11 is 0. The van der Waals surface area contributed by atoms with Crippen LogP contribution in [0.3, 0.4) is 0 Å². The zero-order valence-electron chi connectivity index (χ0n) is 12.1. The van der Waals surface area contributed by atoms with Crippen LogP contribution in [0.15, 0.2) is 18.3 Å². The van der Waals surface area contributed by atoms with E-state index in [1.54, 1.807) is 13.1 Å². The first kappa shape index (κ1) is 17.7. The molecule has 1 fully saturated rings. The van der Waals surface area contributed by atoms with Crippen LogP contribution in [0, 0.1) is 0 Å². The van der Waals surface area contributed by atoms with E-state index >= 15 is 0 Å². The molecule has 0 aromatic carbocycles. The molecule has 0 bridgehead atoms.